The first kappa shape index (κ1) is 11.9. The molecule has 1 aromatic rings. The molecular formula is C14H22N4. The van der Waals surface area contributed by atoms with Crippen LogP contribution >= 0.6 is 0 Å². The van der Waals surface area contributed by atoms with Gasteiger partial charge in [-0.05, 0) is 26.0 Å². The second-order valence-electron chi connectivity index (χ2n) is 5.43. The number of aromatic nitrogens is 1. The molecule has 0 amide bonds. The summed E-state index contributed by atoms with van der Waals surface area (Å²) in [5.74, 6) is 1.18. The Morgan fingerprint density at radius 3 is 2.78 bits per heavy atom. The lowest BCUT2D eigenvalue weighted by Gasteiger charge is -2.34. The van der Waals surface area contributed by atoms with Crippen LogP contribution in [-0.2, 0) is 6.54 Å². The van der Waals surface area contributed by atoms with E-state index in [0.717, 1.165) is 38.8 Å². The molecule has 98 valence electrons. The van der Waals surface area contributed by atoms with Crippen LogP contribution in [0.5, 0.6) is 0 Å². The molecule has 2 aliphatic rings. The van der Waals surface area contributed by atoms with E-state index in [-0.39, 0.29) is 0 Å². The van der Waals surface area contributed by atoms with E-state index in [9.17, 15) is 0 Å². The van der Waals surface area contributed by atoms with Crippen molar-refractivity contribution >= 4 is 5.82 Å². The van der Waals surface area contributed by atoms with Gasteiger partial charge in [0, 0.05) is 50.5 Å². The zero-order valence-electron chi connectivity index (χ0n) is 11.1. The van der Waals surface area contributed by atoms with Crippen molar-refractivity contribution in [1.29, 1.82) is 0 Å². The normalized spacial score (nSPS) is 21.3. The zero-order valence-corrected chi connectivity index (χ0v) is 11.1. The predicted molar refractivity (Wildman–Crippen MR) is 73.8 cm³/mol. The number of likely N-dealkylation sites (N-methyl/N-ethyl adjacent to an activating group) is 1. The molecule has 0 atom stereocenters. The van der Waals surface area contributed by atoms with Crippen LogP contribution in [0.3, 0.4) is 0 Å². The van der Waals surface area contributed by atoms with Gasteiger partial charge in [0.05, 0.1) is 0 Å². The number of piperazine rings is 1. The third kappa shape index (κ3) is 2.82. The molecule has 1 saturated heterocycles. The van der Waals surface area contributed by atoms with Crippen molar-refractivity contribution in [3.63, 3.8) is 0 Å². The third-order valence-corrected chi connectivity index (χ3v) is 3.83. The molecule has 1 aromatic heterocycles. The molecule has 1 saturated carbocycles. The molecule has 0 aromatic carbocycles. The minimum atomic E-state index is 0.755. The molecular weight excluding hydrogens is 224 g/mol. The summed E-state index contributed by atoms with van der Waals surface area (Å²) in [4.78, 5) is 9.39. The van der Waals surface area contributed by atoms with E-state index in [0.29, 0.717) is 0 Å². The van der Waals surface area contributed by atoms with E-state index in [1.165, 1.54) is 24.2 Å². The second-order valence-corrected chi connectivity index (χ2v) is 5.43. The molecule has 18 heavy (non-hydrogen) atoms. The highest BCUT2D eigenvalue weighted by atomic mass is 15.3. The summed E-state index contributed by atoms with van der Waals surface area (Å²) in [6, 6.07) is 5.00. The predicted octanol–water partition coefficient (Wildman–Crippen LogP) is 1.09. The van der Waals surface area contributed by atoms with Gasteiger partial charge in [-0.25, -0.2) is 4.98 Å². The maximum Gasteiger partial charge on any atom is 0.133 e. The first-order valence-corrected chi connectivity index (χ1v) is 6.94. The van der Waals surface area contributed by atoms with Gasteiger partial charge in [0.2, 0.25) is 0 Å². The van der Waals surface area contributed by atoms with E-state index in [1.54, 1.807) is 0 Å². The maximum atomic E-state index is 4.59. The van der Waals surface area contributed by atoms with E-state index in [2.05, 4.69) is 33.2 Å². The lowest BCUT2D eigenvalue weighted by Crippen LogP contribution is -2.45. The van der Waals surface area contributed by atoms with Crippen molar-refractivity contribution in [2.75, 3.05) is 38.1 Å². The second kappa shape index (κ2) is 5.24. The molecule has 3 rings (SSSR count). The summed E-state index contributed by atoms with van der Waals surface area (Å²) >= 11 is 0. The Balaban J connectivity index is 1.69. The summed E-state index contributed by atoms with van der Waals surface area (Å²) < 4.78 is 0. The highest BCUT2D eigenvalue weighted by Crippen LogP contribution is 2.22. The average Bonchev–Trinajstić information content (AvgIpc) is 3.22. The number of pyridine rings is 1. The topological polar surface area (TPSA) is 31.4 Å². The fourth-order valence-electron chi connectivity index (χ4n) is 2.41. The average molecular weight is 246 g/mol. The molecule has 0 spiro atoms. The maximum absolute atomic E-state index is 4.59. The van der Waals surface area contributed by atoms with Gasteiger partial charge in [-0.1, -0.05) is 6.07 Å². The van der Waals surface area contributed by atoms with E-state index < -0.39 is 0 Å². The summed E-state index contributed by atoms with van der Waals surface area (Å²) in [7, 11) is 2.19. The lowest BCUT2D eigenvalue weighted by molar-refractivity contribution is 0.311. The molecule has 4 nitrogen and oxygen atoms in total. The number of nitrogens with one attached hydrogen (secondary N) is 1. The summed E-state index contributed by atoms with van der Waals surface area (Å²) in [5, 5.41) is 3.58. The summed E-state index contributed by atoms with van der Waals surface area (Å²) in [5.41, 5.74) is 1.34. The van der Waals surface area contributed by atoms with Crippen molar-refractivity contribution in [3.8, 4) is 0 Å². The monoisotopic (exact) mass is 246 g/mol. The van der Waals surface area contributed by atoms with Crippen molar-refractivity contribution < 1.29 is 0 Å². The van der Waals surface area contributed by atoms with Crippen LogP contribution in [0.15, 0.2) is 18.3 Å². The molecule has 0 bridgehead atoms. The minimum Gasteiger partial charge on any atom is -0.354 e. The molecule has 0 radical (unpaired) electrons. The highest BCUT2D eigenvalue weighted by molar-refractivity contribution is 5.47. The van der Waals surface area contributed by atoms with Gasteiger partial charge >= 0.3 is 0 Å². The molecule has 2 fully saturated rings. The molecule has 0 unspecified atom stereocenters. The Morgan fingerprint density at radius 1 is 1.28 bits per heavy atom. The first-order chi connectivity index (χ1) is 8.83. The standard InChI is InChI=1S/C14H22N4/c1-17-7-9-18(10-8-17)14-12(3-2-6-15-14)11-16-13-4-5-13/h2-3,6,13,16H,4-5,7-11H2,1H3. The van der Waals surface area contributed by atoms with Crippen molar-refractivity contribution in [3.05, 3.63) is 23.9 Å². The van der Waals surface area contributed by atoms with Crippen molar-refractivity contribution in [2.45, 2.75) is 25.4 Å². The minimum absolute atomic E-state index is 0.755. The van der Waals surface area contributed by atoms with Gasteiger partial charge in [-0.2, -0.15) is 0 Å². The largest absolute Gasteiger partial charge is 0.354 e. The van der Waals surface area contributed by atoms with E-state index >= 15 is 0 Å². The fraction of sp³-hybridized carbons (Fsp3) is 0.643. The van der Waals surface area contributed by atoms with E-state index in [4.69, 9.17) is 0 Å². The van der Waals surface area contributed by atoms with Crippen LogP contribution < -0.4 is 10.2 Å². The van der Waals surface area contributed by atoms with Crippen LogP contribution in [0.25, 0.3) is 0 Å². The lowest BCUT2D eigenvalue weighted by atomic mass is 10.2. The molecule has 1 N–H and O–H groups in total. The van der Waals surface area contributed by atoms with Gasteiger partial charge < -0.3 is 15.1 Å². The van der Waals surface area contributed by atoms with Crippen LogP contribution in [-0.4, -0.2) is 49.2 Å². The van der Waals surface area contributed by atoms with Crippen LogP contribution in [0.4, 0.5) is 5.82 Å². The smallest absolute Gasteiger partial charge is 0.133 e. The van der Waals surface area contributed by atoms with Gasteiger partial charge in [0.25, 0.3) is 0 Å². The quantitative estimate of drug-likeness (QED) is 0.861. The number of rotatable bonds is 4. The number of anilines is 1. The third-order valence-electron chi connectivity index (χ3n) is 3.83. The van der Waals surface area contributed by atoms with Crippen LogP contribution in [0.1, 0.15) is 18.4 Å². The Kier molecular flexibility index (Phi) is 3.48. The molecule has 2 heterocycles. The van der Waals surface area contributed by atoms with Gasteiger partial charge in [0.1, 0.15) is 5.82 Å². The Bertz CT molecular complexity index is 395. The number of hydrogen-bond acceptors (Lipinski definition) is 4. The molecule has 1 aliphatic carbocycles. The van der Waals surface area contributed by atoms with Crippen molar-refractivity contribution in [1.82, 2.24) is 15.2 Å². The molecule has 4 heteroatoms. The van der Waals surface area contributed by atoms with Gasteiger partial charge in [-0.3, -0.25) is 0 Å². The number of hydrogen-bond donors (Lipinski definition) is 1. The molecule has 1 aliphatic heterocycles. The first-order valence-electron chi connectivity index (χ1n) is 6.94. The summed E-state index contributed by atoms with van der Waals surface area (Å²) in [6.07, 6.45) is 4.59. The number of nitrogens with zero attached hydrogens (tertiary/aromatic N) is 3. The van der Waals surface area contributed by atoms with Crippen LogP contribution in [0.2, 0.25) is 0 Å². The van der Waals surface area contributed by atoms with Crippen LogP contribution in [0, 0.1) is 0 Å². The SMILES string of the molecule is CN1CCN(c2ncccc2CNC2CC2)CC1. The Hall–Kier alpha value is -1.13. The highest BCUT2D eigenvalue weighted by Gasteiger charge is 2.22. The Labute approximate surface area is 109 Å². The van der Waals surface area contributed by atoms with Crippen molar-refractivity contribution in [2.24, 2.45) is 0 Å². The van der Waals surface area contributed by atoms with Gasteiger partial charge in [0.15, 0.2) is 0 Å². The van der Waals surface area contributed by atoms with E-state index in [1.807, 2.05) is 12.3 Å². The summed E-state index contributed by atoms with van der Waals surface area (Å²) in [6.45, 7) is 5.40. The van der Waals surface area contributed by atoms with Gasteiger partial charge in [-0.15, -0.1) is 0 Å². The fourth-order valence-corrected chi connectivity index (χ4v) is 2.41. The zero-order chi connectivity index (χ0) is 12.4. The Morgan fingerprint density at radius 2 is 2.06 bits per heavy atom.